The average molecular weight is 361 g/mol. The molecule has 6 heteroatoms. The first-order valence-electron chi connectivity index (χ1n) is 8.11. The lowest BCUT2D eigenvalue weighted by Gasteiger charge is -2.17. The summed E-state index contributed by atoms with van der Waals surface area (Å²) >= 11 is 5.97. The quantitative estimate of drug-likeness (QED) is 0.890. The van der Waals surface area contributed by atoms with Crippen LogP contribution >= 0.6 is 11.6 Å². The van der Waals surface area contributed by atoms with E-state index in [-0.39, 0.29) is 30.0 Å². The molecule has 0 spiro atoms. The van der Waals surface area contributed by atoms with Crippen LogP contribution in [0.3, 0.4) is 0 Å². The Morgan fingerprint density at radius 3 is 2.72 bits per heavy atom. The van der Waals surface area contributed by atoms with Gasteiger partial charge in [0.05, 0.1) is 5.92 Å². The zero-order valence-corrected chi connectivity index (χ0v) is 14.3. The van der Waals surface area contributed by atoms with Crippen LogP contribution in [0, 0.1) is 11.7 Å². The third-order valence-electron chi connectivity index (χ3n) is 4.24. The van der Waals surface area contributed by atoms with Gasteiger partial charge in [0.15, 0.2) is 0 Å². The molecule has 4 nitrogen and oxygen atoms in total. The number of rotatable bonds is 5. The third-order valence-corrected chi connectivity index (χ3v) is 4.48. The van der Waals surface area contributed by atoms with Gasteiger partial charge in [-0.2, -0.15) is 0 Å². The van der Waals surface area contributed by atoms with Crippen molar-refractivity contribution in [3.8, 4) is 0 Å². The first kappa shape index (κ1) is 17.4. The van der Waals surface area contributed by atoms with Crippen LogP contribution in [0.15, 0.2) is 48.5 Å². The lowest BCUT2D eigenvalue weighted by molar-refractivity contribution is -0.126. The summed E-state index contributed by atoms with van der Waals surface area (Å²) in [4.78, 5) is 26.1. The van der Waals surface area contributed by atoms with Gasteiger partial charge in [-0.1, -0.05) is 29.8 Å². The maximum absolute atomic E-state index is 12.9. The summed E-state index contributed by atoms with van der Waals surface area (Å²) in [6.45, 7) is 0.799. The zero-order valence-electron chi connectivity index (χ0n) is 13.5. The third kappa shape index (κ3) is 4.37. The van der Waals surface area contributed by atoms with E-state index in [2.05, 4.69) is 5.32 Å². The molecular weight excluding hydrogens is 343 g/mol. The Bertz CT molecular complexity index is 779. The molecule has 1 aliphatic rings. The normalized spacial score (nSPS) is 17.0. The van der Waals surface area contributed by atoms with Crippen LogP contribution in [0.5, 0.6) is 0 Å². The van der Waals surface area contributed by atoms with Crippen molar-refractivity contribution in [1.82, 2.24) is 5.32 Å². The van der Waals surface area contributed by atoms with Gasteiger partial charge in [0.2, 0.25) is 11.8 Å². The first-order valence-corrected chi connectivity index (χ1v) is 8.49. The molecule has 0 saturated carbocycles. The molecule has 0 radical (unpaired) electrons. The van der Waals surface area contributed by atoms with Gasteiger partial charge in [-0.3, -0.25) is 9.59 Å². The lowest BCUT2D eigenvalue weighted by atomic mass is 10.1. The van der Waals surface area contributed by atoms with Gasteiger partial charge in [0, 0.05) is 30.2 Å². The number of nitrogens with zero attached hydrogens (tertiary/aromatic N) is 1. The smallest absolute Gasteiger partial charge is 0.227 e. The van der Waals surface area contributed by atoms with Crippen molar-refractivity contribution in [3.63, 3.8) is 0 Å². The Kier molecular flexibility index (Phi) is 5.34. The fourth-order valence-electron chi connectivity index (χ4n) is 2.90. The van der Waals surface area contributed by atoms with Crippen LogP contribution < -0.4 is 10.2 Å². The highest BCUT2D eigenvalue weighted by Gasteiger charge is 2.34. The molecule has 2 aromatic rings. The van der Waals surface area contributed by atoms with Crippen LogP contribution in [-0.4, -0.2) is 24.9 Å². The number of carbonyl (C=O) groups is 2. The summed E-state index contributed by atoms with van der Waals surface area (Å²) in [6.07, 6.45) is 0.805. The van der Waals surface area contributed by atoms with Gasteiger partial charge < -0.3 is 10.2 Å². The summed E-state index contributed by atoms with van der Waals surface area (Å²) in [5.41, 5.74) is 1.66. The van der Waals surface area contributed by atoms with Crippen molar-refractivity contribution in [2.75, 3.05) is 18.0 Å². The summed E-state index contributed by atoms with van der Waals surface area (Å²) < 4.78 is 12.9. The standard InChI is InChI=1S/C19H18ClFN2O2/c20-15-2-1-3-17(11-15)23-12-14(10-18(23)24)19(25)22-9-8-13-4-6-16(21)7-5-13/h1-7,11,14H,8-10,12H2,(H,22,25). The molecule has 1 aliphatic heterocycles. The average Bonchev–Trinajstić information content (AvgIpc) is 2.98. The Morgan fingerprint density at radius 1 is 1.24 bits per heavy atom. The second kappa shape index (κ2) is 7.66. The minimum absolute atomic E-state index is 0.0825. The molecule has 1 N–H and O–H groups in total. The minimum atomic E-state index is -0.375. The molecule has 0 bridgehead atoms. The van der Waals surface area contributed by atoms with E-state index in [1.165, 1.54) is 12.1 Å². The molecule has 3 rings (SSSR count). The van der Waals surface area contributed by atoms with E-state index in [1.54, 1.807) is 41.3 Å². The van der Waals surface area contributed by atoms with E-state index in [4.69, 9.17) is 11.6 Å². The largest absolute Gasteiger partial charge is 0.355 e. The predicted octanol–water partition coefficient (Wildman–Crippen LogP) is 3.19. The molecule has 0 aromatic heterocycles. The van der Waals surface area contributed by atoms with E-state index in [0.717, 1.165) is 5.56 Å². The maximum atomic E-state index is 12.9. The highest BCUT2D eigenvalue weighted by molar-refractivity contribution is 6.30. The number of amides is 2. The summed E-state index contributed by atoms with van der Waals surface area (Å²) in [5.74, 6) is -0.876. The molecule has 130 valence electrons. The minimum Gasteiger partial charge on any atom is -0.355 e. The van der Waals surface area contributed by atoms with Crippen LogP contribution in [-0.2, 0) is 16.0 Å². The van der Waals surface area contributed by atoms with E-state index in [0.29, 0.717) is 30.2 Å². The van der Waals surface area contributed by atoms with Crippen molar-refractivity contribution in [1.29, 1.82) is 0 Å². The number of benzene rings is 2. The number of carbonyl (C=O) groups excluding carboxylic acids is 2. The van der Waals surface area contributed by atoms with Gasteiger partial charge in [-0.15, -0.1) is 0 Å². The first-order chi connectivity index (χ1) is 12.0. The van der Waals surface area contributed by atoms with Gasteiger partial charge >= 0.3 is 0 Å². The molecule has 0 aliphatic carbocycles. The summed E-state index contributed by atoms with van der Waals surface area (Å²) in [7, 11) is 0. The van der Waals surface area contributed by atoms with Crippen LogP contribution in [0.1, 0.15) is 12.0 Å². The predicted molar refractivity (Wildman–Crippen MR) is 95.0 cm³/mol. The Labute approximate surface area is 150 Å². The van der Waals surface area contributed by atoms with Crippen molar-refractivity contribution >= 4 is 29.1 Å². The van der Waals surface area contributed by atoms with E-state index < -0.39 is 0 Å². The van der Waals surface area contributed by atoms with Crippen LogP contribution in [0.25, 0.3) is 0 Å². The molecular formula is C19H18ClFN2O2. The fourth-order valence-corrected chi connectivity index (χ4v) is 3.09. The molecule has 2 amide bonds. The second-order valence-corrected chi connectivity index (χ2v) is 6.49. The zero-order chi connectivity index (χ0) is 17.8. The van der Waals surface area contributed by atoms with E-state index in [9.17, 15) is 14.0 Å². The van der Waals surface area contributed by atoms with Gasteiger partial charge in [0.1, 0.15) is 5.82 Å². The molecule has 25 heavy (non-hydrogen) atoms. The number of halogens is 2. The molecule has 1 heterocycles. The molecule has 1 atom stereocenters. The lowest BCUT2D eigenvalue weighted by Crippen LogP contribution is -2.34. The molecule has 1 unspecified atom stereocenters. The Morgan fingerprint density at radius 2 is 2.00 bits per heavy atom. The number of anilines is 1. The van der Waals surface area contributed by atoms with Crippen molar-refractivity contribution in [2.24, 2.45) is 5.92 Å². The van der Waals surface area contributed by atoms with Crippen LogP contribution in [0.4, 0.5) is 10.1 Å². The topological polar surface area (TPSA) is 49.4 Å². The highest BCUT2D eigenvalue weighted by atomic mass is 35.5. The number of hydrogen-bond donors (Lipinski definition) is 1. The van der Waals surface area contributed by atoms with Crippen molar-refractivity contribution < 1.29 is 14.0 Å². The molecule has 1 fully saturated rings. The second-order valence-electron chi connectivity index (χ2n) is 6.05. The summed E-state index contributed by atoms with van der Waals surface area (Å²) in [6, 6.07) is 13.2. The fraction of sp³-hybridized carbons (Fsp3) is 0.263. The number of nitrogens with one attached hydrogen (secondary N) is 1. The van der Waals surface area contributed by atoms with Gasteiger partial charge in [-0.05, 0) is 42.3 Å². The highest BCUT2D eigenvalue weighted by Crippen LogP contribution is 2.27. The number of hydrogen-bond acceptors (Lipinski definition) is 2. The maximum Gasteiger partial charge on any atom is 0.227 e. The Hall–Kier alpha value is -2.40. The summed E-state index contributed by atoms with van der Waals surface area (Å²) in [5, 5.41) is 3.41. The van der Waals surface area contributed by atoms with Crippen molar-refractivity contribution in [2.45, 2.75) is 12.8 Å². The van der Waals surface area contributed by atoms with Gasteiger partial charge in [-0.25, -0.2) is 4.39 Å². The van der Waals surface area contributed by atoms with Gasteiger partial charge in [0.25, 0.3) is 0 Å². The van der Waals surface area contributed by atoms with Crippen molar-refractivity contribution in [3.05, 3.63) is 64.9 Å². The monoisotopic (exact) mass is 360 g/mol. The van der Waals surface area contributed by atoms with E-state index in [1.807, 2.05) is 0 Å². The SMILES string of the molecule is O=C(NCCc1ccc(F)cc1)C1CC(=O)N(c2cccc(Cl)c2)C1. The van der Waals surface area contributed by atoms with E-state index >= 15 is 0 Å². The van der Waals surface area contributed by atoms with Crippen LogP contribution in [0.2, 0.25) is 5.02 Å². The molecule has 2 aromatic carbocycles. The molecule has 1 saturated heterocycles. The Balaban J connectivity index is 1.53.